The van der Waals surface area contributed by atoms with Gasteiger partial charge >= 0.3 is 0 Å². The monoisotopic (exact) mass is 332 g/mol. The van der Waals surface area contributed by atoms with Crippen LogP contribution in [0.15, 0.2) is 30.6 Å². The Hall–Kier alpha value is -2.14. The normalized spacial score (nSPS) is 10.4. The summed E-state index contributed by atoms with van der Waals surface area (Å²) < 4.78 is 0. The van der Waals surface area contributed by atoms with Gasteiger partial charge in [-0.2, -0.15) is 0 Å². The molecule has 0 saturated heterocycles. The molecule has 0 atom stereocenters. The van der Waals surface area contributed by atoms with Crippen LogP contribution in [0.5, 0.6) is 0 Å². The van der Waals surface area contributed by atoms with Crippen LogP contribution in [0.25, 0.3) is 0 Å². The lowest BCUT2D eigenvalue weighted by Crippen LogP contribution is -2.21. The van der Waals surface area contributed by atoms with Gasteiger partial charge in [-0.3, -0.25) is 4.79 Å². The van der Waals surface area contributed by atoms with Gasteiger partial charge in [0, 0.05) is 24.3 Å². The average molecular weight is 333 g/mol. The highest BCUT2D eigenvalue weighted by Crippen LogP contribution is 2.23. The maximum atomic E-state index is 12.3. The van der Waals surface area contributed by atoms with E-state index in [-0.39, 0.29) is 11.6 Å². The molecule has 1 N–H and O–H groups in total. The third-order valence-corrected chi connectivity index (χ3v) is 4.03. The van der Waals surface area contributed by atoms with Gasteiger partial charge in [0.05, 0.1) is 12.4 Å². The van der Waals surface area contributed by atoms with Gasteiger partial charge in [-0.05, 0) is 31.0 Å². The summed E-state index contributed by atoms with van der Waals surface area (Å²) in [6, 6.07) is 5.38. The topological polar surface area (TPSA) is 58.1 Å². The summed E-state index contributed by atoms with van der Waals surface area (Å²) in [5, 5.41) is 3.42. The summed E-state index contributed by atoms with van der Waals surface area (Å²) in [5.41, 5.74) is 1.77. The number of amides is 1. The van der Waals surface area contributed by atoms with Crippen LogP contribution >= 0.6 is 11.6 Å². The van der Waals surface area contributed by atoms with Gasteiger partial charge in [0.2, 0.25) is 0 Å². The van der Waals surface area contributed by atoms with Crippen molar-refractivity contribution in [1.82, 2.24) is 9.97 Å². The third-order valence-electron chi connectivity index (χ3n) is 3.62. The van der Waals surface area contributed by atoms with E-state index in [0.717, 1.165) is 30.8 Å². The maximum Gasteiger partial charge on any atom is 0.275 e. The summed E-state index contributed by atoms with van der Waals surface area (Å²) >= 11 is 6.06. The predicted molar refractivity (Wildman–Crippen MR) is 94.4 cm³/mol. The Morgan fingerprint density at radius 2 is 2.09 bits per heavy atom. The first kappa shape index (κ1) is 17.2. The minimum Gasteiger partial charge on any atom is -0.358 e. The Balaban J connectivity index is 2.07. The molecule has 0 saturated carbocycles. The van der Waals surface area contributed by atoms with E-state index in [1.807, 2.05) is 18.9 Å². The fourth-order valence-corrected chi connectivity index (χ4v) is 2.25. The number of carbonyl (C=O) groups is 1. The Labute approximate surface area is 141 Å². The second kappa shape index (κ2) is 7.92. The third kappa shape index (κ3) is 4.42. The van der Waals surface area contributed by atoms with Crippen molar-refractivity contribution < 1.29 is 4.79 Å². The Morgan fingerprint density at radius 3 is 2.74 bits per heavy atom. The molecule has 5 nitrogen and oxygen atoms in total. The molecule has 0 spiro atoms. The van der Waals surface area contributed by atoms with Crippen molar-refractivity contribution >= 4 is 29.0 Å². The molecule has 122 valence electrons. The molecule has 1 heterocycles. The van der Waals surface area contributed by atoms with E-state index in [0.29, 0.717) is 10.7 Å². The summed E-state index contributed by atoms with van der Waals surface area (Å²) in [7, 11) is 1.97. The number of nitrogens with zero attached hydrogens (tertiary/aromatic N) is 3. The average Bonchev–Trinajstić information content (AvgIpc) is 2.57. The zero-order valence-electron chi connectivity index (χ0n) is 13.6. The number of anilines is 2. The smallest absolute Gasteiger partial charge is 0.275 e. The van der Waals surface area contributed by atoms with Crippen LogP contribution in [0.1, 0.15) is 35.8 Å². The Bertz CT molecular complexity index is 673. The molecule has 0 unspecified atom stereocenters. The molecule has 0 radical (unpaired) electrons. The van der Waals surface area contributed by atoms with Gasteiger partial charge in [-0.25, -0.2) is 9.97 Å². The highest BCUT2D eigenvalue weighted by Gasteiger charge is 2.12. The minimum atomic E-state index is -0.300. The van der Waals surface area contributed by atoms with Crippen molar-refractivity contribution in [2.24, 2.45) is 0 Å². The number of nitrogens with one attached hydrogen (secondary N) is 1. The first-order valence-electron chi connectivity index (χ1n) is 7.62. The Morgan fingerprint density at radius 1 is 1.30 bits per heavy atom. The van der Waals surface area contributed by atoms with Gasteiger partial charge in [0.15, 0.2) is 0 Å². The van der Waals surface area contributed by atoms with Crippen LogP contribution < -0.4 is 10.2 Å². The molecule has 0 fully saturated rings. The minimum absolute atomic E-state index is 0.275. The van der Waals surface area contributed by atoms with E-state index in [4.69, 9.17) is 11.6 Å². The lowest BCUT2D eigenvalue weighted by atomic mass is 10.2. The Kier molecular flexibility index (Phi) is 5.93. The number of unbranched alkanes of at least 4 members (excludes halogenated alkanes) is 1. The number of aromatic nitrogens is 2. The van der Waals surface area contributed by atoms with E-state index in [1.165, 1.54) is 6.20 Å². The SMILES string of the molecule is CCCCN(C)c1cnc(C(=O)Nc2cccc(Cl)c2C)cn1. The van der Waals surface area contributed by atoms with Crippen LogP contribution in [0, 0.1) is 6.92 Å². The molecule has 6 heteroatoms. The molecular weight excluding hydrogens is 312 g/mol. The zero-order chi connectivity index (χ0) is 16.8. The molecule has 1 amide bonds. The molecular formula is C17H21ClN4O. The molecule has 2 rings (SSSR count). The van der Waals surface area contributed by atoms with Gasteiger partial charge in [-0.1, -0.05) is 31.0 Å². The fourth-order valence-electron chi connectivity index (χ4n) is 2.07. The van der Waals surface area contributed by atoms with Crippen molar-refractivity contribution in [3.63, 3.8) is 0 Å². The van der Waals surface area contributed by atoms with Gasteiger partial charge in [0.1, 0.15) is 11.5 Å². The van der Waals surface area contributed by atoms with Gasteiger partial charge < -0.3 is 10.2 Å². The van der Waals surface area contributed by atoms with E-state index in [1.54, 1.807) is 24.4 Å². The van der Waals surface area contributed by atoms with E-state index >= 15 is 0 Å². The highest BCUT2D eigenvalue weighted by atomic mass is 35.5. The second-order valence-electron chi connectivity index (χ2n) is 5.40. The molecule has 0 aliphatic carbocycles. The van der Waals surface area contributed by atoms with Crippen molar-refractivity contribution in [1.29, 1.82) is 0 Å². The lowest BCUT2D eigenvalue weighted by Gasteiger charge is -2.17. The van der Waals surface area contributed by atoms with E-state index in [9.17, 15) is 4.79 Å². The van der Waals surface area contributed by atoms with E-state index < -0.39 is 0 Å². The molecule has 1 aromatic heterocycles. The van der Waals surface area contributed by atoms with E-state index in [2.05, 4.69) is 22.2 Å². The number of halogens is 1. The second-order valence-corrected chi connectivity index (χ2v) is 5.81. The number of carbonyl (C=O) groups excluding carboxylic acids is 1. The molecule has 0 bridgehead atoms. The quantitative estimate of drug-likeness (QED) is 0.870. The predicted octanol–water partition coefficient (Wildman–Crippen LogP) is 3.93. The largest absolute Gasteiger partial charge is 0.358 e. The first-order valence-corrected chi connectivity index (χ1v) is 8.00. The fraction of sp³-hybridized carbons (Fsp3) is 0.353. The number of hydrogen-bond acceptors (Lipinski definition) is 4. The number of hydrogen-bond donors (Lipinski definition) is 1. The van der Waals surface area contributed by atoms with Crippen LogP contribution in [-0.4, -0.2) is 29.5 Å². The van der Waals surface area contributed by atoms with Crippen LogP contribution in [-0.2, 0) is 0 Å². The molecule has 1 aromatic carbocycles. The summed E-state index contributed by atoms with van der Waals surface area (Å²) in [6.45, 7) is 4.92. The zero-order valence-corrected chi connectivity index (χ0v) is 14.4. The highest BCUT2D eigenvalue weighted by molar-refractivity contribution is 6.31. The first-order chi connectivity index (χ1) is 11.0. The molecule has 2 aromatic rings. The van der Waals surface area contributed by atoms with Gasteiger partial charge in [0.25, 0.3) is 5.91 Å². The van der Waals surface area contributed by atoms with Crippen molar-refractivity contribution in [3.8, 4) is 0 Å². The standard InChI is InChI=1S/C17H21ClN4O/c1-4-5-9-22(3)16-11-19-15(10-20-16)17(23)21-14-8-6-7-13(18)12(14)2/h6-8,10-11H,4-5,9H2,1-3H3,(H,21,23). The number of benzene rings is 1. The maximum absolute atomic E-state index is 12.3. The summed E-state index contributed by atoms with van der Waals surface area (Å²) in [4.78, 5) is 22.8. The molecule has 23 heavy (non-hydrogen) atoms. The van der Waals surface area contributed by atoms with Gasteiger partial charge in [-0.15, -0.1) is 0 Å². The van der Waals surface area contributed by atoms with Crippen LogP contribution in [0.2, 0.25) is 5.02 Å². The summed E-state index contributed by atoms with van der Waals surface area (Å²) in [6.07, 6.45) is 5.33. The van der Waals surface area contributed by atoms with Crippen molar-refractivity contribution in [3.05, 3.63) is 46.9 Å². The summed E-state index contributed by atoms with van der Waals surface area (Å²) in [5.74, 6) is 0.458. The number of rotatable bonds is 6. The van der Waals surface area contributed by atoms with Crippen molar-refractivity contribution in [2.45, 2.75) is 26.7 Å². The lowest BCUT2D eigenvalue weighted by molar-refractivity contribution is 0.102. The van der Waals surface area contributed by atoms with Crippen molar-refractivity contribution in [2.75, 3.05) is 23.8 Å². The van der Waals surface area contributed by atoms with Crippen LogP contribution in [0.3, 0.4) is 0 Å². The molecule has 0 aliphatic heterocycles. The van der Waals surface area contributed by atoms with Crippen LogP contribution in [0.4, 0.5) is 11.5 Å². The molecule has 0 aliphatic rings.